The summed E-state index contributed by atoms with van der Waals surface area (Å²) in [5, 5.41) is 3.10. The van der Waals surface area contributed by atoms with Gasteiger partial charge < -0.3 is 23.4 Å². The lowest BCUT2D eigenvalue weighted by Gasteiger charge is -2.24. The number of carbonyl (C=O) groups excluding carboxylic acids is 2. The third kappa shape index (κ3) is 4.61. The molecule has 2 aromatic carbocycles. The number of nitrogens with one attached hydrogen (secondary N) is 1. The number of fused-ring (bicyclic) bond motifs is 2. The molecule has 31 heavy (non-hydrogen) atoms. The predicted molar refractivity (Wildman–Crippen MR) is 109 cm³/mol. The standard InChI is InChI=1S/C22H19NO8/c1-2-27-22(26)23-14-7-8-15-13(9-20(24)31-18(15)10-14)11-29-21(25)19-12-28-16-5-3-4-6-17(16)30-19/h3-10,19H,2,11-12H2,1H3,(H,23,26)/t19-/m1/s1. The van der Waals surface area contributed by atoms with Crippen LogP contribution in [0.3, 0.4) is 0 Å². The molecule has 160 valence electrons. The first-order chi connectivity index (χ1) is 15.0. The van der Waals surface area contributed by atoms with E-state index in [0.717, 1.165) is 0 Å². The average Bonchev–Trinajstić information content (AvgIpc) is 2.76. The lowest BCUT2D eigenvalue weighted by Crippen LogP contribution is -2.37. The molecule has 1 aliphatic rings. The van der Waals surface area contributed by atoms with E-state index in [4.69, 9.17) is 23.4 Å². The van der Waals surface area contributed by atoms with Crippen molar-refractivity contribution in [3.63, 3.8) is 0 Å². The summed E-state index contributed by atoms with van der Waals surface area (Å²) in [5.74, 6) is 0.407. The van der Waals surface area contributed by atoms with Crippen LogP contribution < -0.4 is 20.4 Å². The molecule has 1 atom stereocenters. The SMILES string of the molecule is CCOC(=O)Nc1ccc2c(COC(=O)[C@H]3COc4ccccc4O3)cc(=O)oc2c1. The van der Waals surface area contributed by atoms with Crippen molar-refractivity contribution in [2.75, 3.05) is 18.5 Å². The first kappa shape index (κ1) is 20.3. The maximum Gasteiger partial charge on any atom is 0.411 e. The van der Waals surface area contributed by atoms with Crippen molar-refractivity contribution in [3.05, 3.63) is 64.5 Å². The van der Waals surface area contributed by atoms with Crippen molar-refractivity contribution < 1.29 is 33.0 Å². The number of para-hydroxylation sites is 2. The first-order valence-electron chi connectivity index (χ1n) is 9.59. The van der Waals surface area contributed by atoms with Crippen LogP contribution in [0.2, 0.25) is 0 Å². The highest BCUT2D eigenvalue weighted by Gasteiger charge is 2.28. The van der Waals surface area contributed by atoms with Gasteiger partial charge in [0.25, 0.3) is 0 Å². The van der Waals surface area contributed by atoms with Gasteiger partial charge in [0.15, 0.2) is 11.5 Å². The third-order valence-electron chi connectivity index (χ3n) is 4.49. The van der Waals surface area contributed by atoms with Crippen LogP contribution in [0.1, 0.15) is 12.5 Å². The topological polar surface area (TPSA) is 113 Å². The van der Waals surface area contributed by atoms with Crippen molar-refractivity contribution in [3.8, 4) is 11.5 Å². The number of carbonyl (C=O) groups is 2. The Hall–Kier alpha value is -4.01. The normalized spacial score (nSPS) is 14.7. The van der Waals surface area contributed by atoms with Crippen molar-refractivity contribution in [1.29, 1.82) is 0 Å². The number of benzene rings is 2. The van der Waals surface area contributed by atoms with Gasteiger partial charge in [-0.05, 0) is 31.2 Å². The Kier molecular flexibility index (Phi) is 5.74. The van der Waals surface area contributed by atoms with Gasteiger partial charge in [0.1, 0.15) is 18.8 Å². The Morgan fingerprint density at radius 2 is 1.90 bits per heavy atom. The van der Waals surface area contributed by atoms with Gasteiger partial charge in [-0.3, -0.25) is 5.32 Å². The molecule has 9 nitrogen and oxygen atoms in total. The molecule has 0 aliphatic carbocycles. The maximum atomic E-state index is 12.4. The van der Waals surface area contributed by atoms with E-state index < -0.39 is 23.8 Å². The summed E-state index contributed by atoms with van der Waals surface area (Å²) in [4.78, 5) is 36.0. The zero-order valence-corrected chi connectivity index (χ0v) is 16.6. The fraction of sp³-hybridized carbons (Fsp3) is 0.227. The fourth-order valence-electron chi connectivity index (χ4n) is 3.09. The third-order valence-corrected chi connectivity index (χ3v) is 4.49. The lowest BCUT2D eigenvalue weighted by molar-refractivity contribution is -0.155. The Morgan fingerprint density at radius 1 is 1.10 bits per heavy atom. The second kappa shape index (κ2) is 8.78. The number of amides is 1. The molecule has 0 unspecified atom stereocenters. The van der Waals surface area contributed by atoms with E-state index in [2.05, 4.69) is 5.32 Å². The van der Waals surface area contributed by atoms with E-state index in [1.54, 1.807) is 43.3 Å². The molecule has 4 rings (SSSR count). The highest BCUT2D eigenvalue weighted by molar-refractivity contribution is 5.90. The quantitative estimate of drug-likeness (QED) is 0.490. The highest BCUT2D eigenvalue weighted by atomic mass is 16.6. The second-order valence-corrected chi connectivity index (χ2v) is 6.62. The minimum atomic E-state index is -0.915. The van der Waals surface area contributed by atoms with Crippen molar-refractivity contribution >= 4 is 28.7 Å². The number of hydrogen-bond acceptors (Lipinski definition) is 8. The molecule has 0 fully saturated rings. The molecular formula is C22H19NO8. The Morgan fingerprint density at radius 3 is 2.71 bits per heavy atom. The number of ether oxygens (including phenoxy) is 4. The van der Waals surface area contributed by atoms with Gasteiger partial charge >= 0.3 is 17.7 Å². The van der Waals surface area contributed by atoms with Crippen molar-refractivity contribution in [1.82, 2.24) is 0 Å². The second-order valence-electron chi connectivity index (χ2n) is 6.62. The van der Waals surface area contributed by atoms with Gasteiger partial charge in [0, 0.05) is 28.8 Å². The summed E-state index contributed by atoms with van der Waals surface area (Å²) < 4.78 is 26.6. The first-order valence-corrected chi connectivity index (χ1v) is 9.59. The zero-order chi connectivity index (χ0) is 21.8. The van der Waals surface area contributed by atoms with E-state index in [1.165, 1.54) is 12.1 Å². The van der Waals surface area contributed by atoms with Crippen LogP contribution in [-0.2, 0) is 20.9 Å². The predicted octanol–water partition coefficient (Wildman–Crippen LogP) is 3.24. The summed E-state index contributed by atoms with van der Waals surface area (Å²) in [6.45, 7) is 1.78. The van der Waals surface area contributed by atoms with Gasteiger partial charge in [0.2, 0.25) is 6.10 Å². The van der Waals surface area contributed by atoms with E-state index >= 15 is 0 Å². The average molecular weight is 425 g/mol. The Labute approximate surface area is 176 Å². The molecule has 2 heterocycles. The summed E-state index contributed by atoms with van der Waals surface area (Å²) >= 11 is 0. The van der Waals surface area contributed by atoms with E-state index in [0.29, 0.717) is 28.1 Å². The van der Waals surface area contributed by atoms with Gasteiger partial charge in [0.05, 0.1) is 6.61 Å². The maximum absolute atomic E-state index is 12.4. The summed E-state index contributed by atoms with van der Waals surface area (Å²) in [7, 11) is 0. The van der Waals surface area contributed by atoms with E-state index in [9.17, 15) is 14.4 Å². The monoisotopic (exact) mass is 425 g/mol. The molecule has 0 saturated carbocycles. The molecule has 0 radical (unpaired) electrons. The molecule has 0 bridgehead atoms. The summed E-state index contributed by atoms with van der Waals surface area (Å²) in [6.07, 6.45) is -1.53. The molecule has 0 saturated heterocycles. The Balaban J connectivity index is 1.47. The van der Waals surface area contributed by atoms with Crippen LogP contribution in [0.25, 0.3) is 11.0 Å². The number of rotatable bonds is 5. The molecule has 1 amide bonds. The van der Waals surface area contributed by atoms with E-state index in [-0.39, 0.29) is 25.4 Å². The van der Waals surface area contributed by atoms with Crippen LogP contribution in [0, 0.1) is 0 Å². The smallest absolute Gasteiger partial charge is 0.411 e. The minimum Gasteiger partial charge on any atom is -0.485 e. The van der Waals surface area contributed by atoms with Crippen LogP contribution in [0.5, 0.6) is 11.5 Å². The number of esters is 1. The van der Waals surface area contributed by atoms with Crippen LogP contribution in [0.15, 0.2) is 57.7 Å². The molecular weight excluding hydrogens is 406 g/mol. The van der Waals surface area contributed by atoms with Crippen LogP contribution >= 0.6 is 0 Å². The van der Waals surface area contributed by atoms with Gasteiger partial charge in [-0.1, -0.05) is 12.1 Å². The van der Waals surface area contributed by atoms with Crippen molar-refractivity contribution in [2.24, 2.45) is 0 Å². The number of anilines is 1. The molecule has 3 aromatic rings. The summed E-state index contributed by atoms with van der Waals surface area (Å²) in [5.41, 5.74) is 0.478. The largest absolute Gasteiger partial charge is 0.485 e. The number of hydrogen-bond donors (Lipinski definition) is 1. The van der Waals surface area contributed by atoms with E-state index in [1.807, 2.05) is 0 Å². The Bertz CT molecular complexity index is 1190. The fourth-order valence-corrected chi connectivity index (χ4v) is 3.09. The zero-order valence-electron chi connectivity index (χ0n) is 16.6. The van der Waals surface area contributed by atoms with Crippen LogP contribution in [-0.4, -0.2) is 31.4 Å². The van der Waals surface area contributed by atoms with Gasteiger partial charge in [-0.15, -0.1) is 0 Å². The highest BCUT2D eigenvalue weighted by Crippen LogP contribution is 2.31. The van der Waals surface area contributed by atoms with Gasteiger partial charge in [-0.2, -0.15) is 0 Å². The molecule has 1 aromatic heterocycles. The summed E-state index contributed by atoms with van der Waals surface area (Å²) in [6, 6.07) is 13.1. The minimum absolute atomic E-state index is 0.0242. The molecule has 0 spiro atoms. The van der Waals surface area contributed by atoms with Crippen LogP contribution in [0.4, 0.5) is 10.5 Å². The van der Waals surface area contributed by atoms with Gasteiger partial charge in [-0.25, -0.2) is 14.4 Å². The molecule has 1 aliphatic heterocycles. The molecule has 1 N–H and O–H groups in total. The lowest BCUT2D eigenvalue weighted by atomic mass is 10.1. The molecule has 9 heteroatoms. The van der Waals surface area contributed by atoms with Crippen molar-refractivity contribution in [2.45, 2.75) is 19.6 Å².